The molecule has 4 rings (SSSR count). The molecule has 0 amide bonds. The fourth-order valence-corrected chi connectivity index (χ4v) is 3.71. The zero-order valence-electron chi connectivity index (χ0n) is 20.4. The maximum Gasteiger partial charge on any atom is 0.343 e. The molecule has 0 aliphatic rings. The Bertz CT molecular complexity index is 1230. The maximum absolute atomic E-state index is 13.2. The minimum Gasteiger partial charge on any atom is -0.418 e. The van der Waals surface area contributed by atoms with Crippen LogP contribution in [0.2, 0.25) is 0 Å². The fraction of sp³-hybridized carbons (Fsp3) is 0.125. The van der Waals surface area contributed by atoms with Gasteiger partial charge in [0.05, 0.1) is 11.1 Å². The van der Waals surface area contributed by atoms with Gasteiger partial charge in [-0.2, -0.15) is 0 Å². The largest absolute Gasteiger partial charge is 0.418 e. The number of benzene rings is 4. The molecule has 0 spiro atoms. The van der Waals surface area contributed by atoms with Crippen molar-refractivity contribution >= 4 is 23.5 Å². The van der Waals surface area contributed by atoms with E-state index in [1.54, 1.807) is 24.3 Å². The quantitative estimate of drug-likeness (QED) is 0.152. The predicted octanol–water partition coefficient (Wildman–Crippen LogP) is 7.35. The molecule has 36 heavy (non-hydrogen) atoms. The molecule has 0 atom stereocenters. The van der Waals surface area contributed by atoms with E-state index in [0.717, 1.165) is 24.0 Å². The van der Waals surface area contributed by atoms with E-state index < -0.39 is 11.9 Å². The Hall–Kier alpha value is -4.44. The number of ether oxygens (including phenoxy) is 2. The van der Waals surface area contributed by atoms with E-state index in [0.29, 0.717) is 22.3 Å². The molecule has 4 aromatic carbocycles. The molecule has 0 aliphatic heterocycles. The van der Waals surface area contributed by atoms with Crippen molar-refractivity contribution in [2.24, 2.45) is 0 Å². The van der Waals surface area contributed by atoms with Gasteiger partial charge >= 0.3 is 11.9 Å². The second-order valence-corrected chi connectivity index (χ2v) is 8.27. The average Bonchev–Trinajstić information content (AvgIpc) is 2.95. The summed E-state index contributed by atoms with van der Waals surface area (Å²) in [6, 6.07) is 33.0. The smallest absolute Gasteiger partial charge is 0.343 e. The number of hydrogen-bond acceptors (Lipinski definition) is 4. The van der Waals surface area contributed by atoms with Gasteiger partial charge in [-0.25, -0.2) is 9.59 Å². The zero-order chi connectivity index (χ0) is 25.3. The third-order valence-electron chi connectivity index (χ3n) is 5.86. The third kappa shape index (κ3) is 5.97. The van der Waals surface area contributed by atoms with Crippen LogP contribution in [-0.2, 0) is 22.3 Å². The van der Waals surface area contributed by atoms with Crippen molar-refractivity contribution in [3.8, 4) is 0 Å². The molecule has 0 aliphatic carbocycles. The SMILES string of the molecule is CCc1ccc(C(=O)OC(=C(OC(=O)c2ccc(CC)cc2)c2ccccc2)c2ccccc2)cc1. The second-order valence-electron chi connectivity index (χ2n) is 8.27. The number of hydrogen-bond donors (Lipinski definition) is 0. The van der Waals surface area contributed by atoms with Crippen molar-refractivity contribution in [1.29, 1.82) is 0 Å². The van der Waals surface area contributed by atoms with Gasteiger partial charge in [0.25, 0.3) is 0 Å². The zero-order valence-corrected chi connectivity index (χ0v) is 20.4. The Morgan fingerprint density at radius 3 is 1.11 bits per heavy atom. The second kappa shape index (κ2) is 11.8. The standard InChI is InChI=1S/C32H28O4/c1-3-23-15-19-27(20-16-23)31(33)35-29(25-11-7-5-8-12-25)30(26-13-9-6-10-14-26)36-32(34)28-21-17-24(4-2)18-22-28/h5-22H,3-4H2,1-2H3. The van der Waals surface area contributed by atoms with Gasteiger partial charge in [0.1, 0.15) is 0 Å². The van der Waals surface area contributed by atoms with Gasteiger partial charge in [-0.15, -0.1) is 0 Å². The molecule has 4 nitrogen and oxygen atoms in total. The van der Waals surface area contributed by atoms with E-state index in [2.05, 4.69) is 13.8 Å². The summed E-state index contributed by atoms with van der Waals surface area (Å²) in [5.74, 6) is -0.726. The lowest BCUT2D eigenvalue weighted by Crippen LogP contribution is -2.11. The summed E-state index contributed by atoms with van der Waals surface area (Å²) >= 11 is 0. The van der Waals surface area contributed by atoms with Gasteiger partial charge in [-0.05, 0) is 48.2 Å². The molecule has 4 heteroatoms. The molecular weight excluding hydrogens is 448 g/mol. The number of aryl methyl sites for hydroxylation is 2. The lowest BCUT2D eigenvalue weighted by Gasteiger charge is -2.16. The Labute approximate surface area is 211 Å². The topological polar surface area (TPSA) is 52.6 Å². The lowest BCUT2D eigenvalue weighted by atomic mass is 10.1. The van der Waals surface area contributed by atoms with Crippen LogP contribution in [0.4, 0.5) is 0 Å². The molecule has 0 saturated carbocycles. The van der Waals surface area contributed by atoms with Gasteiger partial charge < -0.3 is 9.47 Å². The first-order valence-corrected chi connectivity index (χ1v) is 12.1. The monoisotopic (exact) mass is 476 g/mol. The molecule has 4 aromatic rings. The highest BCUT2D eigenvalue weighted by Crippen LogP contribution is 2.30. The highest BCUT2D eigenvalue weighted by molar-refractivity contribution is 6.00. The summed E-state index contributed by atoms with van der Waals surface area (Å²) < 4.78 is 11.9. The van der Waals surface area contributed by atoms with E-state index in [9.17, 15) is 9.59 Å². The Kier molecular flexibility index (Phi) is 8.09. The summed E-state index contributed by atoms with van der Waals surface area (Å²) in [6.45, 7) is 4.11. The molecule has 0 unspecified atom stereocenters. The highest BCUT2D eigenvalue weighted by Gasteiger charge is 2.22. The average molecular weight is 477 g/mol. The first-order valence-electron chi connectivity index (χ1n) is 12.1. The number of esters is 2. The van der Waals surface area contributed by atoms with E-state index in [4.69, 9.17) is 9.47 Å². The van der Waals surface area contributed by atoms with Crippen LogP contribution in [0.1, 0.15) is 56.8 Å². The molecule has 0 aromatic heterocycles. The van der Waals surface area contributed by atoms with Crippen molar-refractivity contribution < 1.29 is 19.1 Å². The van der Waals surface area contributed by atoms with Gasteiger partial charge in [0.15, 0.2) is 11.5 Å². The molecular formula is C32H28O4. The van der Waals surface area contributed by atoms with E-state index in [1.807, 2.05) is 84.9 Å². The van der Waals surface area contributed by atoms with Crippen molar-refractivity contribution in [3.63, 3.8) is 0 Å². The molecule has 0 bridgehead atoms. The van der Waals surface area contributed by atoms with Crippen LogP contribution < -0.4 is 0 Å². The molecule has 180 valence electrons. The summed E-state index contributed by atoms with van der Waals surface area (Å²) in [6.07, 6.45) is 1.75. The van der Waals surface area contributed by atoms with Gasteiger partial charge in [0.2, 0.25) is 0 Å². The Morgan fingerprint density at radius 1 is 0.472 bits per heavy atom. The minimum atomic E-state index is -0.534. The number of carbonyl (C=O) groups is 2. The minimum absolute atomic E-state index is 0.171. The normalized spacial score (nSPS) is 11.4. The summed E-state index contributed by atoms with van der Waals surface area (Å²) in [5, 5.41) is 0. The van der Waals surface area contributed by atoms with Crippen LogP contribution >= 0.6 is 0 Å². The first kappa shape index (κ1) is 24.7. The maximum atomic E-state index is 13.2. The third-order valence-corrected chi connectivity index (χ3v) is 5.86. The van der Waals surface area contributed by atoms with Crippen molar-refractivity contribution in [2.75, 3.05) is 0 Å². The van der Waals surface area contributed by atoms with E-state index >= 15 is 0 Å². The summed E-state index contributed by atoms with van der Waals surface area (Å²) in [7, 11) is 0. The Balaban J connectivity index is 1.78. The van der Waals surface area contributed by atoms with Crippen molar-refractivity contribution in [3.05, 3.63) is 143 Å². The fourth-order valence-electron chi connectivity index (χ4n) is 3.71. The van der Waals surface area contributed by atoms with Crippen LogP contribution in [0.5, 0.6) is 0 Å². The van der Waals surface area contributed by atoms with Crippen molar-refractivity contribution in [2.45, 2.75) is 26.7 Å². The molecule has 0 radical (unpaired) electrons. The predicted molar refractivity (Wildman–Crippen MR) is 142 cm³/mol. The van der Waals surface area contributed by atoms with Gasteiger partial charge in [-0.3, -0.25) is 0 Å². The van der Waals surface area contributed by atoms with Crippen LogP contribution in [0, 0.1) is 0 Å². The number of rotatable bonds is 8. The van der Waals surface area contributed by atoms with Gasteiger partial charge in [-0.1, -0.05) is 98.8 Å². The first-order chi connectivity index (χ1) is 17.6. The molecule has 0 saturated heterocycles. The molecule has 0 fully saturated rings. The van der Waals surface area contributed by atoms with Crippen LogP contribution in [0.25, 0.3) is 11.5 Å². The van der Waals surface area contributed by atoms with Gasteiger partial charge in [0, 0.05) is 11.1 Å². The van der Waals surface area contributed by atoms with E-state index in [1.165, 1.54) is 0 Å². The van der Waals surface area contributed by atoms with Crippen molar-refractivity contribution in [1.82, 2.24) is 0 Å². The molecule has 0 heterocycles. The summed E-state index contributed by atoms with van der Waals surface area (Å²) in [4.78, 5) is 26.4. The van der Waals surface area contributed by atoms with Crippen LogP contribution in [0.15, 0.2) is 109 Å². The van der Waals surface area contributed by atoms with Crippen LogP contribution in [-0.4, -0.2) is 11.9 Å². The number of carbonyl (C=O) groups excluding carboxylic acids is 2. The highest BCUT2D eigenvalue weighted by atomic mass is 16.6. The Morgan fingerprint density at radius 2 is 0.806 bits per heavy atom. The molecule has 0 N–H and O–H groups in total. The van der Waals surface area contributed by atoms with E-state index in [-0.39, 0.29) is 11.5 Å². The lowest BCUT2D eigenvalue weighted by molar-refractivity contribution is 0.0646. The van der Waals surface area contributed by atoms with Crippen LogP contribution in [0.3, 0.4) is 0 Å². The summed E-state index contributed by atoms with van der Waals surface area (Å²) in [5.41, 5.74) is 4.30.